The van der Waals surface area contributed by atoms with E-state index in [4.69, 9.17) is 26.8 Å². The predicted molar refractivity (Wildman–Crippen MR) is 86.5 cm³/mol. The summed E-state index contributed by atoms with van der Waals surface area (Å²) in [5.74, 6) is -2.96. The van der Waals surface area contributed by atoms with E-state index < -0.39 is 17.7 Å². The number of ether oxygens (including phenoxy) is 2. The first-order chi connectivity index (χ1) is 11.3. The van der Waals surface area contributed by atoms with E-state index in [1.807, 2.05) is 0 Å². The molecule has 0 saturated carbocycles. The highest BCUT2D eigenvalue weighted by Gasteiger charge is 2.40. The van der Waals surface area contributed by atoms with Crippen LogP contribution in [-0.4, -0.2) is 18.4 Å². The molecule has 2 N–H and O–H groups in total. The number of esters is 1. The molecule has 1 aromatic rings. The molecule has 0 aromatic heterocycles. The second kappa shape index (κ2) is 7.05. The molecule has 1 aliphatic heterocycles. The average Bonchev–Trinajstić information content (AvgIpc) is 2.46. The molecule has 0 aliphatic carbocycles. The fourth-order valence-corrected chi connectivity index (χ4v) is 2.99. The maximum atomic E-state index is 14.5. The molecule has 24 heavy (non-hydrogen) atoms. The fourth-order valence-electron chi connectivity index (χ4n) is 2.72. The number of Topliss-reactive ketones (excluding diaryl/α,β-unsaturated/α-hetero) is 1. The van der Waals surface area contributed by atoms with Crippen LogP contribution in [0.2, 0.25) is 5.02 Å². The second-order valence-electron chi connectivity index (χ2n) is 5.19. The van der Waals surface area contributed by atoms with Crippen LogP contribution in [-0.2, 0) is 19.1 Å². The van der Waals surface area contributed by atoms with Gasteiger partial charge in [0, 0.05) is 16.2 Å². The molecule has 5 nitrogen and oxygen atoms in total. The minimum absolute atomic E-state index is 0.0157. The maximum absolute atomic E-state index is 14.5. The van der Waals surface area contributed by atoms with Gasteiger partial charge in [-0.15, -0.1) is 0 Å². The molecule has 0 fully saturated rings. The van der Waals surface area contributed by atoms with Crippen LogP contribution >= 0.6 is 11.6 Å². The van der Waals surface area contributed by atoms with Crippen molar-refractivity contribution in [1.82, 2.24) is 0 Å². The summed E-state index contributed by atoms with van der Waals surface area (Å²) in [6.07, 6.45) is 0. The minimum Gasteiger partial charge on any atom is -0.462 e. The van der Waals surface area contributed by atoms with Crippen molar-refractivity contribution in [2.75, 3.05) is 6.61 Å². The summed E-state index contributed by atoms with van der Waals surface area (Å²) in [7, 11) is 0. The monoisotopic (exact) mass is 353 g/mol. The lowest BCUT2D eigenvalue weighted by atomic mass is 9.80. The van der Waals surface area contributed by atoms with Gasteiger partial charge in [-0.1, -0.05) is 17.7 Å². The molecule has 1 aromatic carbocycles. The zero-order valence-corrected chi connectivity index (χ0v) is 14.2. The molecule has 0 bridgehead atoms. The summed E-state index contributed by atoms with van der Waals surface area (Å²) < 4.78 is 24.8. The number of rotatable bonds is 4. The fraction of sp³-hybridized carbons (Fsp3) is 0.294. The number of hydrogen-bond acceptors (Lipinski definition) is 5. The first-order valence-electron chi connectivity index (χ1n) is 7.29. The van der Waals surface area contributed by atoms with Crippen molar-refractivity contribution >= 4 is 23.4 Å². The van der Waals surface area contributed by atoms with Gasteiger partial charge in [-0.25, -0.2) is 9.18 Å². The van der Waals surface area contributed by atoms with Crippen LogP contribution < -0.4 is 5.73 Å². The molecule has 1 heterocycles. The van der Waals surface area contributed by atoms with E-state index in [1.165, 1.54) is 32.0 Å². The van der Waals surface area contributed by atoms with Gasteiger partial charge in [-0.05, 0) is 32.9 Å². The number of hydrogen-bond donors (Lipinski definition) is 1. The molecule has 0 saturated heterocycles. The van der Waals surface area contributed by atoms with E-state index in [0.29, 0.717) is 0 Å². The van der Waals surface area contributed by atoms with Crippen LogP contribution in [0.15, 0.2) is 41.0 Å². The van der Waals surface area contributed by atoms with Gasteiger partial charge in [0.25, 0.3) is 0 Å². The Morgan fingerprint density at radius 1 is 1.38 bits per heavy atom. The molecular formula is C17H17ClFNO4. The molecule has 0 spiro atoms. The van der Waals surface area contributed by atoms with Gasteiger partial charge in [0.1, 0.15) is 17.1 Å². The highest BCUT2D eigenvalue weighted by molar-refractivity contribution is 6.31. The lowest BCUT2D eigenvalue weighted by Crippen LogP contribution is -2.29. The van der Waals surface area contributed by atoms with Crippen molar-refractivity contribution < 1.29 is 23.5 Å². The largest absolute Gasteiger partial charge is 0.462 e. The summed E-state index contributed by atoms with van der Waals surface area (Å²) in [5, 5.41) is 0.0723. The topological polar surface area (TPSA) is 78.6 Å². The number of carbonyl (C=O) groups is 2. The van der Waals surface area contributed by atoms with E-state index >= 15 is 0 Å². The van der Waals surface area contributed by atoms with Crippen LogP contribution in [0.25, 0.3) is 0 Å². The van der Waals surface area contributed by atoms with Gasteiger partial charge in [0.05, 0.1) is 12.5 Å². The van der Waals surface area contributed by atoms with Gasteiger partial charge >= 0.3 is 5.97 Å². The summed E-state index contributed by atoms with van der Waals surface area (Å²) >= 11 is 6.15. The first kappa shape index (κ1) is 18.0. The van der Waals surface area contributed by atoms with Gasteiger partial charge < -0.3 is 15.2 Å². The number of halogens is 2. The number of benzene rings is 1. The SMILES string of the molecule is CCOC(=O)C1=C(N)OC(C)=C(C(C)=O)[C@H]1c1c(F)cccc1Cl. The molecule has 0 amide bonds. The zero-order chi connectivity index (χ0) is 18.0. The van der Waals surface area contributed by atoms with E-state index in [2.05, 4.69) is 0 Å². The highest BCUT2D eigenvalue weighted by Crippen LogP contribution is 2.43. The van der Waals surface area contributed by atoms with Crippen molar-refractivity contribution in [2.24, 2.45) is 5.73 Å². The van der Waals surface area contributed by atoms with Crippen LogP contribution in [0.5, 0.6) is 0 Å². The van der Waals surface area contributed by atoms with Crippen molar-refractivity contribution in [1.29, 1.82) is 0 Å². The molecule has 7 heteroatoms. The quantitative estimate of drug-likeness (QED) is 0.841. The molecule has 1 atom stereocenters. The summed E-state index contributed by atoms with van der Waals surface area (Å²) in [6, 6.07) is 4.10. The lowest BCUT2D eigenvalue weighted by Gasteiger charge is -2.29. The standard InChI is InChI=1S/C17H17ClFNO4/c1-4-23-17(22)15-14(13-10(18)6-5-7-11(13)19)12(8(2)21)9(3)24-16(15)20/h5-7,14H,4,20H2,1-3H3/t14-/m0/s1. The van der Waals surface area contributed by atoms with Crippen LogP contribution in [0.3, 0.4) is 0 Å². The third-order valence-electron chi connectivity index (χ3n) is 3.65. The number of carbonyl (C=O) groups excluding carboxylic acids is 2. The Hall–Kier alpha value is -2.34. The Bertz CT molecular complexity index is 750. The average molecular weight is 354 g/mol. The third kappa shape index (κ3) is 3.14. The number of ketones is 1. The Morgan fingerprint density at radius 3 is 2.58 bits per heavy atom. The smallest absolute Gasteiger partial charge is 0.340 e. The highest BCUT2D eigenvalue weighted by atomic mass is 35.5. The Morgan fingerprint density at radius 2 is 2.04 bits per heavy atom. The Kier molecular flexibility index (Phi) is 5.29. The number of nitrogens with two attached hydrogens (primary N) is 1. The zero-order valence-electron chi connectivity index (χ0n) is 13.5. The normalized spacial score (nSPS) is 17.6. The van der Waals surface area contributed by atoms with E-state index in [9.17, 15) is 14.0 Å². The Balaban J connectivity index is 2.76. The molecule has 0 radical (unpaired) electrons. The van der Waals surface area contributed by atoms with E-state index in [1.54, 1.807) is 6.92 Å². The van der Waals surface area contributed by atoms with Gasteiger partial charge in [-0.3, -0.25) is 4.79 Å². The lowest BCUT2D eigenvalue weighted by molar-refractivity contribution is -0.139. The van der Waals surface area contributed by atoms with E-state index in [0.717, 1.165) is 0 Å². The molecule has 128 valence electrons. The maximum Gasteiger partial charge on any atom is 0.340 e. The first-order valence-corrected chi connectivity index (χ1v) is 7.67. The summed E-state index contributed by atoms with van der Waals surface area (Å²) in [5.41, 5.74) is 5.79. The van der Waals surface area contributed by atoms with Crippen LogP contribution in [0.1, 0.15) is 32.3 Å². The molecular weight excluding hydrogens is 337 g/mol. The van der Waals surface area contributed by atoms with E-state index in [-0.39, 0.29) is 45.8 Å². The Labute approximate surface area is 143 Å². The van der Waals surface area contributed by atoms with Crippen LogP contribution in [0, 0.1) is 5.82 Å². The van der Waals surface area contributed by atoms with Gasteiger partial charge in [-0.2, -0.15) is 0 Å². The van der Waals surface area contributed by atoms with Crippen molar-refractivity contribution in [3.63, 3.8) is 0 Å². The van der Waals surface area contributed by atoms with Crippen LogP contribution in [0.4, 0.5) is 4.39 Å². The summed E-state index contributed by atoms with van der Waals surface area (Å²) in [4.78, 5) is 24.5. The van der Waals surface area contributed by atoms with Gasteiger partial charge in [0.15, 0.2) is 5.78 Å². The van der Waals surface area contributed by atoms with Crippen molar-refractivity contribution in [2.45, 2.75) is 26.7 Å². The predicted octanol–water partition coefficient (Wildman–Crippen LogP) is 3.19. The molecule has 2 rings (SSSR count). The third-order valence-corrected chi connectivity index (χ3v) is 3.98. The minimum atomic E-state index is -1.09. The van der Waals surface area contributed by atoms with Gasteiger partial charge in [0.2, 0.25) is 5.88 Å². The number of allylic oxidation sites excluding steroid dienone is 2. The van der Waals surface area contributed by atoms with Crippen molar-refractivity contribution in [3.05, 3.63) is 57.4 Å². The summed E-state index contributed by atoms with van der Waals surface area (Å²) in [6.45, 7) is 4.53. The molecule has 0 unspecified atom stereocenters. The second-order valence-corrected chi connectivity index (χ2v) is 5.60. The van der Waals surface area contributed by atoms with Crippen molar-refractivity contribution in [3.8, 4) is 0 Å². The molecule has 1 aliphatic rings.